The van der Waals surface area contributed by atoms with Crippen LogP contribution in [0.1, 0.15) is 20.8 Å². The number of benzene rings is 1. The van der Waals surface area contributed by atoms with Crippen LogP contribution in [0.2, 0.25) is 0 Å². The van der Waals surface area contributed by atoms with Gasteiger partial charge in [0.15, 0.2) is 0 Å². The van der Waals surface area contributed by atoms with Crippen LogP contribution in [0.3, 0.4) is 0 Å². The molecule has 1 aromatic rings. The number of hydrogen-bond acceptors (Lipinski definition) is 5. The van der Waals surface area contributed by atoms with Crippen molar-refractivity contribution in [3.05, 3.63) is 12.1 Å². The number of fused-ring (bicyclic) bond motifs is 1. The Labute approximate surface area is 130 Å². The number of aromatic hydroxyl groups is 1. The largest absolute Gasteiger partial charge is 0.507 e. The highest BCUT2D eigenvalue weighted by atomic mass is 32.2. The zero-order valence-corrected chi connectivity index (χ0v) is 14.6. The zero-order chi connectivity index (χ0) is 14.9. The molecule has 0 fully saturated rings. The van der Waals surface area contributed by atoms with Gasteiger partial charge in [-0.2, -0.15) is 0 Å². The average Bonchev–Trinajstić information content (AvgIpc) is 2.46. The van der Waals surface area contributed by atoms with Gasteiger partial charge in [0.25, 0.3) is 0 Å². The number of nitrogens with zero attached hydrogens (tertiary/aromatic N) is 2. The molecule has 1 N–H and O–H groups in total. The van der Waals surface area contributed by atoms with E-state index in [9.17, 15) is 5.11 Å². The van der Waals surface area contributed by atoms with E-state index in [-0.39, 0.29) is 5.41 Å². The molecule has 2 rings (SSSR count). The third-order valence-corrected chi connectivity index (χ3v) is 4.99. The summed E-state index contributed by atoms with van der Waals surface area (Å²) >= 11 is 3.31. The first-order chi connectivity index (χ1) is 9.30. The monoisotopic (exact) mass is 312 g/mol. The normalized spacial score (nSPS) is 16.9. The van der Waals surface area contributed by atoms with Gasteiger partial charge in [-0.05, 0) is 42.8 Å². The molecule has 1 aromatic carbocycles. The minimum atomic E-state index is 0.252. The molecule has 0 bridgehead atoms. The summed E-state index contributed by atoms with van der Waals surface area (Å²) in [6.45, 7) is 9.86. The van der Waals surface area contributed by atoms with Gasteiger partial charge < -0.3 is 10.0 Å². The summed E-state index contributed by atoms with van der Waals surface area (Å²) < 4.78 is 2.24. The van der Waals surface area contributed by atoms with Crippen LogP contribution in [0.5, 0.6) is 5.75 Å². The van der Waals surface area contributed by atoms with Gasteiger partial charge in [-0.25, -0.2) is 4.31 Å². The lowest BCUT2D eigenvalue weighted by molar-refractivity contribution is 0.404. The Morgan fingerprint density at radius 1 is 1.30 bits per heavy atom. The van der Waals surface area contributed by atoms with Crippen molar-refractivity contribution in [2.45, 2.75) is 30.6 Å². The summed E-state index contributed by atoms with van der Waals surface area (Å²) in [5.41, 5.74) is 1.50. The van der Waals surface area contributed by atoms with Crippen LogP contribution in [-0.2, 0) is 0 Å². The number of rotatable bonds is 2. The molecule has 0 amide bonds. The maximum Gasteiger partial charge on any atom is 0.130 e. The molecular formula is C15H24N2OS2. The highest BCUT2D eigenvalue weighted by Crippen LogP contribution is 2.42. The third kappa shape index (κ3) is 3.77. The van der Waals surface area contributed by atoms with Crippen molar-refractivity contribution >= 4 is 29.4 Å². The quantitative estimate of drug-likeness (QED) is 0.660. The molecule has 0 unspecified atom stereocenters. The van der Waals surface area contributed by atoms with Crippen molar-refractivity contribution in [1.29, 1.82) is 0 Å². The van der Waals surface area contributed by atoms with Crippen LogP contribution < -0.4 is 4.90 Å². The smallest absolute Gasteiger partial charge is 0.130 e. The van der Waals surface area contributed by atoms with E-state index in [1.165, 1.54) is 5.69 Å². The van der Waals surface area contributed by atoms with Crippen LogP contribution in [0, 0.1) is 5.41 Å². The van der Waals surface area contributed by atoms with Crippen molar-refractivity contribution in [2.24, 2.45) is 5.41 Å². The fourth-order valence-electron chi connectivity index (χ4n) is 2.35. The highest BCUT2D eigenvalue weighted by molar-refractivity contribution is 7.98. The second-order valence-electron chi connectivity index (χ2n) is 6.42. The van der Waals surface area contributed by atoms with Crippen molar-refractivity contribution in [2.75, 3.05) is 37.8 Å². The second kappa shape index (κ2) is 6.08. The highest BCUT2D eigenvalue weighted by Gasteiger charge is 2.24. The van der Waals surface area contributed by atoms with Crippen molar-refractivity contribution < 1.29 is 5.11 Å². The average molecular weight is 313 g/mol. The molecule has 0 radical (unpaired) electrons. The third-order valence-electron chi connectivity index (χ3n) is 3.21. The predicted molar refractivity (Wildman–Crippen MR) is 90.0 cm³/mol. The summed E-state index contributed by atoms with van der Waals surface area (Å²) in [7, 11) is 2.11. The lowest BCUT2D eigenvalue weighted by Crippen LogP contribution is -2.35. The van der Waals surface area contributed by atoms with Gasteiger partial charge in [-0.1, -0.05) is 20.8 Å². The van der Waals surface area contributed by atoms with E-state index in [0.29, 0.717) is 5.75 Å². The predicted octanol–water partition coefficient (Wildman–Crippen LogP) is 3.92. The summed E-state index contributed by atoms with van der Waals surface area (Å²) in [5, 5.41) is 10.1. The fraction of sp³-hybridized carbons (Fsp3) is 0.600. The van der Waals surface area contributed by atoms with Crippen molar-refractivity contribution in [3.8, 4) is 5.75 Å². The van der Waals surface area contributed by atoms with E-state index in [2.05, 4.69) is 43.1 Å². The first kappa shape index (κ1) is 15.9. The molecule has 5 heteroatoms. The second-order valence-corrected chi connectivity index (χ2v) is 8.51. The molecule has 0 saturated carbocycles. The SMILES string of the molecule is CSc1cc2c(cc1O)SN(C)CCN2CC(C)(C)C. The van der Waals surface area contributed by atoms with E-state index in [0.717, 1.165) is 29.4 Å². The van der Waals surface area contributed by atoms with Gasteiger partial charge in [0.05, 0.1) is 15.5 Å². The lowest BCUT2D eigenvalue weighted by Gasteiger charge is -2.31. The molecule has 0 saturated heterocycles. The van der Waals surface area contributed by atoms with Gasteiger partial charge in [0, 0.05) is 19.6 Å². The van der Waals surface area contributed by atoms with Gasteiger partial charge in [0.1, 0.15) is 5.75 Å². The van der Waals surface area contributed by atoms with Crippen LogP contribution in [0.25, 0.3) is 0 Å². The maximum atomic E-state index is 10.1. The van der Waals surface area contributed by atoms with E-state index in [4.69, 9.17) is 0 Å². The molecule has 0 atom stereocenters. The van der Waals surface area contributed by atoms with Crippen LogP contribution >= 0.6 is 23.7 Å². The molecular weight excluding hydrogens is 288 g/mol. The Hall–Kier alpha value is -0.520. The van der Waals surface area contributed by atoms with Crippen molar-refractivity contribution in [1.82, 2.24) is 4.31 Å². The molecule has 0 spiro atoms. The topological polar surface area (TPSA) is 26.7 Å². The molecule has 1 aliphatic rings. The molecule has 1 aliphatic heterocycles. The summed E-state index contributed by atoms with van der Waals surface area (Å²) in [6.07, 6.45) is 2.01. The molecule has 3 nitrogen and oxygen atoms in total. The number of phenolic OH excluding ortho intramolecular Hbond substituents is 1. The molecule has 112 valence electrons. The first-order valence-corrected chi connectivity index (χ1v) is 8.85. The maximum absolute atomic E-state index is 10.1. The van der Waals surface area contributed by atoms with Crippen LogP contribution in [0.15, 0.2) is 21.9 Å². The summed E-state index contributed by atoms with van der Waals surface area (Å²) in [4.78, 5) is 4.54. The first-order valence-electron chi connectivity index (χ1n) is 6.85. The molecule has 0 aromatic heterocycles. The summed E-state index contributed by atoms with van der Waals surface area (Å²) in [5.74, 6) is 0.384. The number of likely N-dealkylation sites (N-methyl/N-ethyl adjacent to an activating group) is 1. The molecule has 0 aliphatic carbocycles. The Kier molecular flexibility index (Phi) is 4.82. The zero-order valence-electron chi connectivity index (χ0n) is 12.9. The number of phenols is 1. The minimum absolute atomic E-state index is 0.252. The van der Waals surface area contributed by atoms with E-state index >= 15 is 0 Å². The number of anilines is 1. The van der Waals surface area contributed by atoms with Crippen LogP contribution in [0.4, 0.5) is 5.69 Å². The van der Waals surface area contributed by atoms with Crippen LogP contribution in [-0.4, -0.2) is 42.3 Å². The Morgan fingerprint density at radius 2 is 2.00 bits per heavy atom. The van der Waals surface area contributed by atoms with E-state index < -0.39 is 0 Å². The van der Waals surface area contributed by atoms with Gasteiger partial charge in [-0.15, -0.1) is 11.8 Å². The number of hydrogen-bond donors (Lipinski definition) is 1. The van der Waals surface area contributed by atoms with E-state index in [1.807, 2.05) is 12.3 Å². The van der Waals surface area contributed by atoms with Gasteiger partial charge in [-0.3, -0.25) is 0 Å². The standard InChI is InChI=1S/C15H24N2OS2/c1-15(2,3)10-17-7-6-16(4)20-13-9-12(18)14(19-5)8-11(13)17/h8-9,18H,6-7,10H2,1-5H3. The van der Waals surface area contributed by atoms with Gasteiger partial charge >= 0.3 is 0 Å². The van der Waals surface area contributed by atoms with E-state index in [1.54, 1.807) is 23.7 Å². The van der Waals surface area contributed by atoms with Crippen molar-refractivity contribution in [3.63, 3.8) is 0 Å². The molecule has 1 heterocycles. The minimum Gasteiger partial charge on any atom is -0.507 e. The lowest BCUT2D eigenvalue weighted by atomic mass is 9.95. The Balaban J connectivity index is 2.43. The summed E-state index contributed by atoms with van der Waals surface area (Å²) in [6, 6.07) is 4.04. The number of thioether (sulfide) groups is 1. The fourth-order valence-corrected chi connectivity index (χ4v) is 3.81. The Bertz CT molecular complexity index is 485. The van der Waals surface area contributed by atoms with Gasteiger partial charge in [0.2, 0.25) is 0 Å². The molecule has 20 heavy (non-hydrogen) atoms. The Morgan fingerprint density at radius 3 is 2.60 bits per heavy atom.